The van der Waals surface area contributed by atoms with E-state index in [2.05, 4.69) is 40.2 Å². The SMILES string of the molecule is COc1ccccc1COCCCOc1ccc(C2CCN(C(=O)O)CC2OCc2ccc(C)cc2Br)cc1. The molecule has 2 atom stereocenters. The minimum Gasteiger partial charge on any atom is -0.496 e. The van der Waals surface area contributed by atoms with Crippen molar-refractivity contribution in [1.82, 2.24) is 4.90 Å². The molecule has 1 aliphatic rings. The molecule has 208 valence electrons. The summed E-state index contributed by atoms with van der Waals surface area (Å²) >= 11 is 3.61. The molecule has 1 fully saturated rings. The summed E-state index contributed by atoms with van der Waals surface area (Å²) in [6.45, 7) is 4.94. The number of methoxy groups -OCH3 is 1. The Balaban J connectivity index is 1.28. The summed E-state index contributed by atoms with van der Waals surface area (Å²) in [4.78, 5) is 13.1. The van der Waals surface area contributed by atoms with Gasteiger partial charge in [0.1, 0.15) is 11.5 Å². The van der Waals surface area contributed by atoms with Crippen molar-refractivity contribution in [3.63, 3.8) is 0 Å². The van der Waals surface area contributed by atoms with Gasteiger partial charge in [0.05, 0.1) is 46.2 Å². The van der Waals surface area contributed by atoms with Gasteiger partial charge in [0, 0.05) is 28.9 Å². The Morgan fingerprint density at radius 2 is 1.82 bits per heavy atom. The molecular weight excluding hydrogens is 562 g/mol. The van der Waals surface area contributed by atoms with Gasteiger partial charge in [-0.25, -0.2) is 4.79 Å². The average Bonchev–Trinajstić information content (AvgIpc) is 2.95. The third-order valence-electron chi connectivity index (χ3n) is 6.95. The molecule has 0 radical (unpaired) electrons. The fourth-order valence-corrected chi connectivity index (χ4v) is 5.38. The summed E-state index contributed by atoms with van der Waals surface area (Å²) in [5.41, 5.74) is 4.36. The Morgan fingerprint density at radius 1 is 1.03 bits per heavy atom. The highest BCUT2D eigenvalue weighted by molar-refractivity contribution is 9.10. The second-order valence-electron chi connectivity index (χ2n) is 9.70. The van der Waals surface area contributed by atoms with Crippen LogP contribution in [-0.2, 0) is 22.7 Å². The fraction of sp³-hybridized carbons (Fsp3) is 0.387. The molecule has 2 unspecified atom stereocenters. The number of rotatable bonds is 12. The summed E-state index contributed by atoms with van der Waals surface area (Å²) in [5, 5.41) is 9.56. The van der Waals surface area contributed by atoms with Crippen molar-refractivity contribution < 1.29 is 28.8 Å². The lowest BCUT2D eigenvalue weighted by Gasteiger charge is -2.37. The zero-order valence-corrected chi connectivity index (χ0v) is 24.1. The standard InChI is InChI=1S/C31H36BrNO6/c1-22-8-9-24(28(32)18-22)21-39-30-19-33(31(34)35)15-14-27(30)23-10-12-26(13-11-23)38-17-5-16-37-20-25-6-3-4-7-29(25)36-2/h3-4,6-13,18,27,30H,5,14-17,19-21H2,1-2H3,(H,34,35). The number of benzene rings is 3. The average molecular weight is 599 g/mol. The van der Waals surface area contributed by atoms with Gasteiger partial charge in [0.15, 0.2) is 0 Å². The molecule has 0 aromatic heterocycles. The van der Waals surface area contributed by atoms with Gasteiger partial charge in [0.25, 0.3) is 0 Å². The number of ether oxygens (including phenoxy) is 4. The second kappa shape index (κ2) is 14.4. The number of hydrogen-bond donors (Lipinski definition) is 1. The van der Waals surface area contributed by atoms with Crippen LogP contribution in [0.15, 0.2) is 71.2 Å². The van der Waals surface area contributed by atoms with Crippen molar-refractivity contribution >= 4 is 22.0 Å². The molecule has 8 heteroatoms. The highest BCUT2D eigenvalue weighted by atomic mass is 79.9. The van der Waals surface area contributed by atoms with Crippen molar-refractivity contribution in [2.24, 2.45) is 0 Å². The number of likely N-dealkylation sites (tertiary alicyclic amines) is 1. The zero-order chi connectivity index (χ0) is 27.6. The molecule has 0 spiro atoms. The molecule has 1 aliphatic heterocycles. The maximum Gasteiger partial charge on any atom is 0.407 e. The minimum absolute atomic E-state index is 0.0993. The number of carboxylic acid groups (broad SMARTS) is 1. The van der Waals surface area contributed by atoms with Gasteiger partial charge in [-0.3, -0.25) is 0 Å². The minimum atomic E-state index is -0.908. The molecule has 1 saturated heterocycles. The van der Waals surface area contributed by atoms with Gasteiger partial charge < -0.3 is 29.0 Å². The van der Waals surface area contributed by atoms with Crippen LogP contribution < -0.4 is 9.47 Å². The molecule has 0 aliphatic carbocycles. The molecule has 4 rings (SSSR count). The predicted molar refractivity (Wildman–Crippen MR) is 154 cm³/mol. The molecule has 1 N–H and O–H groups in total. The van der Waals surface area contributed by atoms with Crippen molar-refractivity contribution in [2.45, 2.75) is 45.0 Å². The second-order valence-corrected chi connectivity index (χ2v) is 10.6. The molecule has 1 amide bonds. The summed E-state index contributed by atoms with van der Waals surface area (Å²) < 4.78 is 24.4. The first-order valence-electron chi connectivity index (χ1n) is 13.2. The number of amides is 1. The van der Waals surface area contributed by atoms with Gasteiger partial charge >= 0.3 is 6.09 Å². The van der Waals surface area contributed by atoms with Crippen LogP contribution >= 0.6 is 15.9 Å². The van der Waals surface area contributed by atoms with E-state index in [0.717, 1.165) is 39.1 Å². The molecule has 0 bridgehead atoms. The molecular formula is C31H36BrNO6. The van der Waals surface area contributed by atoms with Crippen molar-refractivity contribution in [1.29, 1.82) is 0 Å². The van der Waals surface area contributed by atoms with E-state index in [4.69, 9.17) is 18.9 Å². The van der Waals surface area contributed by atoms with Crippen LogP contribution in [0.25, 0.3) is 0 Å². The van der Waals surface area contributed by atoms with Crippen molar-refractivity contribution in [3.05, 3.63) is 93.5 Å². The number of piperidine rings is 1. The first kappa shape index (κ1) is 28.9. The normalized spacial score (nSPS) is 17.2. The Labute approximate surface area is 238 Å². The van der Waals surface area contributed by atoms with E-state index in [1.54, 1.807) is 7.11 Å². The van der Waals surface area contributed by atoms with E-state index >= 15 is 0 Å². The van der Waals surface area contributed by atoms with Crippen LogP contribution in [0.2, 0.25) is 0 Å². The van der Waals surface area contributed by atoms with Gasteiger partial charge in [-0.05, 0) is 54.3 Å². The lowest BCUT2D eigenvalue weighted by atomic mass is 9.87. The van der Waals surface area contributed by atoms with Crippen LogP contribution in [-0.4, -0.2) is 55.6 Å². The Hall–Kier alpha value is -3.07. The summed E-state index contributed by atoms with van der Waals surface area (Å²) in [6.07, 6.45) is 0.328. The first-order chi connectivity index (χ1) is 18.9. The number of para-hydroxylation sites is 1. The van der Waals surface area contributed by atoms with E-state index < -0.39 is 6.09 Å². The van der Waals surface area contributed by atoms with Crippen LogP contribution in [0.1, 0.15) is 41.0 Å². The highest BCUT2D eigenvalue weighted by Crippen LogP contribution is 2.33. The predicted octanol–water partition coefficient (Wildman–Crippen LogP) is 6.80. The van der Waals surface area contributed by atoms with Gasteiger partial charge in [-0.2, -0.15) is 0 Å². The van der Waals surface area contributed by atoms with Crippen molar-refractivity contribution in [2.75, 3.05) is 33.4 Å². The summed E-state index contributed by atoms with van der Waals surface area (Å²) in [5.74, 6) is 1.73. The number of halogens is 1. The Morgan fingerprint density at radius 3 is 2.56 bits per heavy atom. The van der Waals surface area contributed by atoms with Gasteiger partial charge in [-0.15, -0.1) is 0 Å². The van der Waals surface area contributed by atoms with Crippen LogP contribution in [0.3, 0.4) is 0 Å². The Kier molecular flexibility index (Phi) is 10.6. The van der Waals surface area contributed by atoms with E-state index in [1.807, 2.05) is 49.4 Å². The van der Waals surface area contributed by atoms with Gasteiger partial charge in [-0.1, -0.05) is 58.4 Å². The lowest BCUT2D eigenvalue weighted by molar-refractivity contribution is -0.0201. The number of nitrogens with zero attached hydrogens (tertiary/aromatic N) is 1. The maximum atomic E-state index is 11.7. The number of carbonyl (C=O) groups is 1. The molecule has 39 heavy (non-hydrogen) atoms. The zero-order valence-electron chi connectivity index (χ0n) is 22.5. The van der Waals surface area contributed by atoms with E-state index in [1.165, 1.54) is 10.5 Å². The van der Waals surface area contributed by atoms with Crippen molar-refractivity contribution in [3.8, 4) is 11.5 Å². The van der Waals surface area contributed by atoms with Gasteiger partial charge in [0.2, 0.25) is 0 Å². The molecule has 0 saturated carbocycles. The van der Waals surface area contributed by atoms with E-state index in [9.17, 15) is 9.90 Å². The molecule has 7 nitrogen and oxygen atoms in total. The van der Waals surface area contributed by atoms with E-state index in [-0.39, 0.29) is 12.0 Å². The van der Waals surface area contributed by atoms with Crippen LogP contribution in [0, 0.1) is 6.92 Å². The largest absolute Gasteiger partial charge is 0.496 e. The first-order valence-corrected chi connectivity index (χ1v) is 14.0. The third kappa shape index (κ3) is 8.21. The maximum absolute atomic E-state index is 11.7. The fourth-order valence-electron chi connectivity index (χ4n) is 4.77. The number of aryl methyl sites for hydroxylation is 1. The summed E-state index contributed by atoms with van der Waals surface area (Å²) in [6, 6.07) is 22.1. The molecule has 3 aromatic carbocycles. The summed E-state index contributed by atoms with van der Waals surface area (Å²) in [7, 11) is 1.66. The smallest absolute Gasteiger partial charge is 0.407 e. The van der Waals surface area contributed by atoms with Crippen LogP contribution in [0.5, 0.6) is 11.5 Å². The molecule has 3 aromatic rings. The monoisotopic (exact) mass is 597 g/mol. The lowest BCUT2D eigenvalue weighted by Crippen LogP contribution is -2.46. The quantitative estimate of drug-likeness (QED) is 0.231. The molecule has 1 heterocycles. The third-order valence-corrected chi connectivity index (χ3v) is 7.69. The van der Waals surface area contributed by atoms with Crippen LogP contribution in [0.4, 0.5) is 4.79 Å². The number of hydrogen-bond acceptors (Lipinski definition) is 5. The Bertz CT molecular complexity index is 1220. The topological polar surface area (TPSA) is 77.5 Å². The van der Waals surface area contributed by atoms with E-state index in [0.29, 0.717) is 45.9 Å². The highest BCUT2D eigenvalue weighted by Gasteiger charge is 2.33.